The average Bonchev–Trinajstić information content (AvgIpc) is 3.78. The quantitative estimate of drug-likeness (QED) is 0.124. The van der Waals surface area contributed by atoms with Gasteiger partial charge in [-0.3, -0.25) is 0 Å². The number of nitrogens with one attached hydrogen (secondary N) is 2. The summed E-state index contributed by atoms with van der Waals surface area (Å²) in [6, 6.07) is 8.22. The topological polar surface area (TPSA) is 84.5 Å². The number of hydrogen-bond acceptors (Lipinski definition) is 6. The Bertz CT molecular complexity index is 1690. The number of allylic oxidation sites excluding steroid dienone is 3. The maximum Gasteiger partial charge on any atom is 0.337 e. The fraction of sp³-hybridized carbons (Fsp3) is 0.653. The SMILES string of the molecule is C#C.C#C.C#C.C=CC.COC(=O)c1ccc(C2=CC[C@@]3(C)C(CC[C@]4(C)C3CC[C@@H]3C5CCC[C@]5(NCCNC5CCS(=O)(=O)C5)CC[C@]34C)C2(C)C)cc1. The largest absolute Gasteiger partial charge is 0.465 e. The number of ether oxygens (including phenoxy) is 1. The molecule has 0 aromatic heterocycles. The van der Waals surface area contributed by atoms with Gasteiger partial charge in [-0.25, -0.2) is 13.2 Å². The molecule has 7 rings (SSSR count). The molecular weight excluding hydrogens is 713 g/mol. The van der Waals surface area contributed by atoms with Crippen LogP contribution in [0.5, 0.6) is 0 Å². The minimum absolute atomic E-state index is 0.0622. The molecule has 1 heterocycles. The molecule has 4 saturated carbocycles. The standard InChI is InChI=1S/C40H60N2O4S.C3H6.3C2H2/c1-36(2)30(27-9-11-28(12-10-27)35(43)46-6)15-19-37(3)33(36)16-20-39(5)34(37)14-13-31-32-8-7-18-40(32,22-21-38(31,39)4)42-24-23-41-29-17-25-47(44,45)26-29;1-3-2;3*1-2/h9-12,15,29,31-34,41-42H,7-8,13-14,16-26H2,1-6H3;3H,1H2,2H3;3*1-2H/t29?,31-,32?,33?,34?,37+,38-,39-,40+;;;;/m1..../s1. The van der Waals surface area contributed by atoms with Crippen molar-refractivity contribution in [2.24, 2.45) is 45.3 Å². The van der Waals surface area contributed by atoms with E-state index in [1.165, 1.54) is 76.0 Å². The summed E-state index contributed by atoms with van der Waals surface area (Å²) in [4.78, 5) is 12.1. The number of benzene rings is 1. The fourth-order valence-electron chi connectivity index (χ4n) is 13.4. The smallest absolute Gasteiger partial charge is 0.337 e. The molecule has 0 amide bonds. The monoisotopic (exact) mass is 785 g/mol. The number of methoxy groups -OCH3 is 1. The van der Waals surface area contributed by atoms with Gasteiger partial charge in [-0.2, -0.15) is 0 Å². The van der Waals surface area contributed by atoms with Crippen LogP contribution in [0.3, 0.4) is 0 Å². The molecular formula is C49H72N2O4S. The molecule has 1 aliphatic heterocycles. The van der Waals surface area contributed by atoms with Crippen LogP contribution in [-0.4, -0.2) is 57.7 Å². The lowest BCUT2D eigenvalue weighted by molar-refractivity contribution is -0.216. The van der Waals surface area contributed by atoms with Crippen molar-refractivity contribution in [1.82, 2.24) is 10.6 Å². The first kappa shape index (κ1) is 47.1. The van der Waals surface area contributed by atoms with Crippen LogP contribution in [0.25, 0.3) is 5.57 Å². The summed E-state index contributed by atoms with van der Waals surface area (Å²) in [5.74, 6) is 3.25. The predicted octanol–water partition coefficient (Wildman–Crippen LogP) is 9.38. The molecule has 5 aliphatic carbocycles. The highest BCUT2D eigenvalue weighted by Crippen LogP contribution is 2.76. The van der Waals surface area contributed by atoms with Gasteiger partial charge >= 0.3 is 5.97 Å². The van der Waals surface area contributed by atoms with Gasteiger partial charge in [-0.15, -0.1) is 45.1 Å². The van der Waals surface area contributed by atoms with E-state index in [1.54, 1.807) is 6.08 Å². The van der Waals surface area contributed by atoms with Gasteiger partial charge in [0.15, 0.2) is 9.84 Å². The molecule has 7 heteroatoms. The summed E-state index contributed by atoms with van der Waals surface area (Å²) in [6.45, 7) is 20.1. The zero-order chi connectivity index (χ0) is 42.2. The highest BCUT2D eigenvalue weighted by molar-refractivity contribution is 7.91. The lowest BCUT2D eigenvalue weighted by Crippen LogP contribution is -2.67. The molecule has 6 aliphatic rings. The number of fused-ring (bicyclic) bond motifs is 7. The summed E-state index contributed by atoms with van der Waals surface area (Å²) < 4.78 is 28.8. The third-order valence-electron chi connectivity index (χ3n) is 15.8. The average molecular weight is 785 g/mol. The molecule has 0 spiro atoms. The maximum atomic E-state index is 12.1. The van der Waals surface area contributed by atoms with Crippen molar-refractivity contribution in [3.8, 4) is 38.5 Å². The van der Waals surface area contributed by atoms with Crippen molar-refractivity contribution in [1.29, 1.82) is 0 Å². The molecule has 5 fully saturated rings. The minimum atomic E-state index is -2.84. The number of esters is 1. The predicted molar refractivity (Wildman–Crippen MR) is 235 cm³/mol. The molecule has 0 bridgehead atoms. The summed E-state index contributed by atoms with van der Waals surface area (Å²) in [5, 5.41) is 7.68. The Balaban J connectivity index is 0.000000867. The molecule has 2 N–H and O–H groups in total. The second kappa shape index (κ2) is 19.0. The van der Waals surface area contributed by atoms with Crippen LogP contribution >= 0.6 is 0 Å². The van der Waals surface area contributed by atoms with Crippen molar-refractivity contribution in [3.63, 3.8) is 0 Å². The van der Waals surface area contributed by atoms with E-state index in [4.69, 9.17) is 4.74 Å². The number of terminal acetylenes is 3. The van der Waals surface area contributed by atoms with Crippen LogP contribution < -0.4 is 10.6 Å². The van der Waals surface area contributed by atoms with Crippen molar-refractivity contribution < 1.29 is 17.9 Å². The van der Waals surface area contributed by atoms with Crippen LogP contribution in [-0.2, 0) is 14.6 Å². The van der Waals surface area contributed by atoms with E-state index in [-0.39, 0.29) is 28.4 Å². The number of carbonyl (C=O) groups is 1. The second-order valence-electron chi connectivity index (χ2n) is 18.3. The van der Waals surface area contributed by atoms with E-state index in [9.17, 15) is 13.2 Å². The van der Waals surface area contributed by atoms with E-state index < -0.39 is 9.84 Å². The fourth-order valence-corrected chi connectivity index (χ4v) is 15.1. The number of carbonyl (C=O) groups excluding carboxylic acids is 1. The summed E-state index contributed by atoms with van der Waals surface area (Å²) in [5.41, 5.74) is 4.60. The molecule has 1 saturated heterocycles. The molecule has 0 radical (unpaired) electrons. The van der Waals surface area contributed by atoms with Crippen LogP contribution in [0.15, 0.2) is 43.0 Å². The molecule has 1 aromatic rings. The zero-order valence-corrected chi connectivity index (χ0v) is 36.5. The van der Waals surface area contributed by atoms with Gasteiger partial charge in [0.2, 0.25) is 0 Å². The number of rotatable bonds is 7. The van der Waals surface area contributed by atoms with Gasteiger partial charge in [0.25, 0.3) is 0 Å². The minimum Gasteiger partial charge on any atom is -0.465 e. The third-order valence-corrected chi connectivity index (χ3v) is 17.6. The lowest BCUT2D eigenvalue weighted by Gasteiger charge is -2.72. The third kappa shape index (κ3) is 8.46. The van der Waals surface area contributed by atoms with Crippen molar-refractivity contribution in [3.05, 3.63) is 54.1 Å². The number of sulfone groups is 1. The highest BCUT2D eigenvalue weighted by atomic mass is 32.2. The first-order valence-corrected chi connectivity index (χ1v) is 22.6. The Morgan fingerprint density at radius 3 is 2.07 bits per heavy atom. The van der Waals surface area contributed by atoms with E-state index in [0.29, 0.717) is 33.8 Å². The number of hydrogen-bond donors (Lipinski definition) is 2. The van der Waals surface area contributed by atoms with Crippen LogP contribution in [0, 0.1) is 83.9 Å². The second-order valence-corrected chi connectivity index (χ2v) is 20.6. The van der Waals surface area contributed by atoms with Gasteiger partial charge < -0.3 is 15.4 Å². The molecule has 4 unspecified atom stereocenters. The van der Waals surface area contributed by atoms with E-state index >= 15 is 0 Å². The van der Waals surface area contributed by atoms with Crippen LogP contribution in [0.4, 0.5) is 0 Å². The van der Waals surface area contributed by atoms with Crippen LogP contribution in [0.2, 0.25) is 0 Å². The first-order chi connectivity index (χ1) is 26.6. The Kier molecular flexibility index (Phi) is 16.0. The van der Waals surface area contributed by atoms with Gasteiger partial charge in [0.05, 0.1) is 24.2 Å². The molecule has 1 aromatic carbocycles. The van der Waals surface area contributed by atoms with Crippen molar-refractivity contribution >= 4 is 21.4 Å². The summed E-state index contributed by atoms with van der Waals surface area (Å²) >= 11 is 0. The lowest BCUT2D eigenvalue weighted by atomic mass is 9.33. The molecule has 308 valence electrons. The molecule has 56 heavy (non-hydrogen) atoms. The van der Waals surface area contributed by atoms with E-state index in [1.807, 2.05) is 19.1 Å². The van der Waals surface area contributed by atoms with E-state index in [0.717, 1.165) is 43.7 Å². The summed E-state index contributed by atoms with van der Waals surface area (Å²) in [7, 11) is -1.40. The van der Waals surface area contributed by atoms with Gasteiger partial charge in [-0.1, -0.05) is 65.3 Å². The molecule has 9 atom stereocenters. The Labute approximate surface area is 342 Å². The Morgan fingerprint density at radius 1 is 0.839 bits per heavy atom. The first-order valence-electron chi connectivity index (χ1n) is 20.8. The normalized spacial score (nSPS) is 36.6. The Hall–Kier alpha value is -3.28. The van der Waals surface area contributed by atoms with Crippen LogP contribution in [0.1, 0.15) is 128 Å². The summed E-state index contributed by atoms with van der Waals surface area (Å²) in [6.07, 6.45) is 42.1. The Morgan fingerprint density at radius 2 is 1.48 bits per heavy atom. The van der Waals surface area contributed by atoms with Gasteiger partial charge in [0, 0.05) is 24.7 Å². The highest BCUT2D eigenvalue weighted by Gasteiger charge is 2.69. The van der Waals surface area contributed by atoms with Crippen molar-refractivity contribution in [2.45, 2.75) is 124 Å². The van der Waals surface area contributed by atoms with Crippen molar-refractivity contribution in [2.75, 3.05) is 31.7 Å². The molecule has 6 nitrogen and oxygen atoms in total. The zero-order valence-electron chi connectivity index (χ0n) is 35.7. The van der Waals surface area contributed by atoms with Gasteiger partial charge in [-0.05, 0) is 140 Å². The maximum absolute atomic E-state index is 12.1. The van der Waals surface area contributed by atoms with Gasteiger partial charge in [0.1, 0.15) is 0 Å². The van der Waals surface area contributed by atoms with E-state index in [2.05, 4.69) is 109 Å².